The van der Waals surface area contributed by atoms with Crippen LogP contribution in [0, 0.1) is 0 Å². The molecule has 0 N–H and O–H groups in total. The summed E-state index contributed by atoms with van der Waals surface area (Å²) in [5.74, 6) is -1.21. The molecule has 1 aromatic rings. The number of hydrogen-bond donors (Lipinski definition) is 0. The lowest BCUT2D eigenvalue weighted by molar-refractivity contribution is 0.0664. The van der Waals surface area contributed by atoms with E-state index in [0.717, 1.165) is 0 Å². The summed E-state index contributed by atoms with van der Waals surface area (Å²) < 4.78 is 26.0. The van der Waals surface area contributed by atoms with Gasteiger partial charge in [0.15, 0.2) is 0 Å². The first-order valence-electron chi connectivity index (χ1n) is 4.00. The van der Waals surface area contributed by atoms with E-state index in [4.69, 9.17) is 0 Å². The number of rotatable bonds is 3. The number of Topliss-reactive ketones (excluding diaryl/α,β-unsaturated/α-hetero) is 1. The molecule has 78 valence electrons. The van der Waals surface area contributed by atoms with Crippen LogP contribution in [0.5, 0.6) is 0 Å². The molecule has 0 saturated heterocycles. The minimum absolute atomic E-state index is 0.0741. The molecule has 0 aliphatic rings. The number of hydrogen-bond acceptors (Lipinski definition) is 2. The van der Waals surface area contributed by atoms with Gasteiger partial charge in [-0.25, -0.2) is 8.78 Å². The van der Waals surface area contributed by atoms with E-state index in [2.05, 4.69) is 21.0 Å². The van der Waals surface area contributed by atoms with Crippen molar-refractivity contribution in [3.8, 4) is 0 Å². The average Bonchev–Trinajstić information content (AvgIpc) is 2.45. The second-order valence-corrected chi connectivity index (χ2v) is 3.90. The summed E-state index contributed by atoms with van der Waals surface area (Å²) in [4.78, 5) is 11.1. The van der Waals surface area contributed by atoms with Crippen molar-refractivity contribution in [3.05, 3.63) is 16.4 Å². The molecule has 1 rings (SSSR count). The molecule has 3 nitrogen and oxygen atoms in total. The predicted molar refractivity (Wildman–Crippen MR) is 50.6 cm³/mol. The molecule has 0 amide bonds. The summed E-state index contributed by atoms with van der Waals surface area (Å²) in [6.07, 6.45) is -1.66. The Labute approximate surface area is 88.2 Å². The van der Waals surface area contributed by atoms with Crippen LogP contribution in [0.2, 0.25) is 0 Å². The van der Waals surface area contributed by atoms with Crippen LogP contribution in [-0.2, 0) is 0 Å². The Hall–Kier alpha value is -0.780. The van der Waals surface area contributed by atoms with Gasteiger partial charge in [0.25, 0.3) is 0 Å². The van der Waals surface area contributed by atoms with Crippen LogP contribution in [0.1, 0.15) is 30.4 Å². The highest BCUT2D eigenvalue weighted by Gasteiger charge is 2.25. The Bertz CT molecular complexity index is 349. The van der Waals surface area contributed by atoms with Crippen LogP contribution >= 0.6 is 15.9 Å². The van der Waals surface area contributed by atoms with E-state index < -0.39 is 12.2 Å². The molecule has 1 heterocycles. The van der Waals surface area contributed by atoms with Crippen molar-refractivity contribution in [2.75, 3.05) is 0 Å². The number of carbonyl (C=O) groups is 1. The molecule has 0 saturated carbocycles. The Morgan fingerprint density at radius 1 is 1.57 bits per heavy atom. The van der Waals surface area contributed by atoms with Gasteiger partial charge in [-0.05, 0) is 29.8 Å². The summed E-state index contributed by atoms with van der Waals surface area (Å²) in [5.41, 5.74) is -0.0741. The number of aromatic nitrogens is 2. The smallest absolute Gasteiger partial charge is 0.286 e. The zero-order chi connectivity index (χ0) is 10.9. The molecular formula is C8H9BrF2N2O. The predicted octanol–water partition coefficient (Wildman–Crippen LogP) is 2.67. The molecule has 1 aromatic heterocycles. The minimum atomic E-state index is -3.00. The third kappa shape index (κ3) is 2.00. The van der Waals surface area contributed by atoms with Crippen molar-refractivity contribution in [1.82, 2.24) is 9.78 Å². The summed E-state index contributed by atoms with van der Waals surface area (Å²) in [6.45, 7) is 3.53. The van der Waals surface area contributed by atoms with Crippen molar-refractivity contribution < 1.29 is 13.6 Å². The van der Waals surface area contributed by atoms with Gasteiger partial charge < -0.3 is 0 Å². The van der Waals surface area contributed by atoms with E-state index >= 15 is 0 Å². The molecule has 0 aliphatic carbocycles. The van der Waals surface area contributed by atoms with Gasteiger partial charge in [0.1, 0.15) is 5.69 Å². The second kappa shape index (κ2) is 4.16. The van der Waals surface area contributed by atoms with Gasteiger partial charge in [0, 0.05) is 6.04 Å². The van der Waals surface area contributed by atoms with Crippen LogP contribution in [0.4, 0.5) is 8.78 Å². The monoisotopic (exact) mass is 266 g/mol. The van der Waals surface area contributed by atoms with Crippen molar-refractivity contribution >= 4 is 21.7 Å². The van der Waals surface area contributed by atoms with Crippen molar-refractivity contribution in [3.63, 3.8) is 0 Å². The van der Waals surface area contributed by atoms with Gasteiger partial charge in [0.05, 0.1) is 10.7 Å². The van der Waals surface area contributed by atoms with Gasteiger partial charge in [-0.15, -0.1) is 0 Å². The van der Waals surface area contributed by atoms with Crippen molar-refractivity contribution in [1.29, 1.82) is 0 Å². The molecule has 0 aliphatic heterocycles. The first-order chi connectivity index (χ1) is 6.45. The van der Waals surface area contributed by atoms with Crippen molar-refractivity contribution in [2.24, 2.45) is 0 Å². The maximum atomic E-state index is 12.2. The fourth-order valence-electron chi connectivity index (χ4n) is 1.07. The van der Waals surface area contributed by atoms with E-state index in [1.54, 1.807) is 13.8 Å². The van der Waals surface area contributed by atoms with Crippen molar-refractivity contribution in [2.45, 2.75) is 26.3 Å². The molecule has 0 spiro atoms. The Morgan fingerprint density at radius 3 is 2.57 bits per heavy atom. The highest BCUT2D eigenvalue weighted by atomic mass is 79.9. The van der Waals surface area contributed by atoms with E-state index in [1.165, 1.54) is 10.9 Å². The maximum Gasteiger partial charge on any atom is 0.302 e. The number of carbonyl (C=O) groups excluding carboxylic acids is 1. The quantitative estimate of drug-likeness (QED) is 0.789. The normalized spacial score (nSPS) is 11.4. The first kappa shape index (κ1) is 11.3. The van der Waals surface area contributed by atoms with E-state index in [9.17, 15) is 13.6 Å². The summed E-state index contributed by atoms with van der Waals surface area (Å²) in [6, 6.07) is -0.126. The molecule has 0 atom stereocenters. The summed E-state index contributed by atoms with van der Waals surface area (Å²) in [5, 5.41) is 3.83. The standard InChI is InChI=1S/C8H9BrF2N2O/c1-4(2)13-6(5(9)3-12-13)7(14)8(10)11/h3-4,8H,1-2H3. The molecule has 0 aromatic carbocycles. The van der Waals surface area contributed by atoms with E-state index in [-0.39, 0.29) is 11.7 Å². The molecular weight excluding hydrogens is 258 g/mol. The fraction of sp³-hybridized carbons (Fsp3) is 0.500. The van der Waals surface area contributed by atoms with Gasteiger partial charge in [0.2, 0.25) is 5.78 Å². The molecule has 6 heteroatoms. The SMILES string of the molecule is CC(C)n1ncc(Br)c1C(=O)C(F)F. The lowest BCUT2D eigenvalue weighted by Gasteiger charge is -2.09. The fourth-order valence-corrected chi connectivity index (χ4v) is 1.54. The van der Waals surface area contributed by atoms with Crippen LogP contribution in [0.3, 0.4) is 0 Å². The Balaban J connectivity index is 3.17. The molecule has 14 heavy (non-hydrogen) atoms. The van der Waals surface area contributed by atoms with Crippen LogP contribution in [0.15, 0.2) is 10.7 Å². The largest absolute Gasteiger partial charge is 0.302 e. The third-order valence-electron chi connectivity index (χ3n) is 1.67. The van der Waals surface area contributed by atoms with Crippen LogP contribution in [0.25, 0.3) is 0 Å². The lowest BCUT2D eigenvalue weighted by Crippen LogP contribution is -2.18. The van der Waals surface area contributed by atoms with Gasteiger partial charge >= 0.3 is 6.43 Å². The average molecular weight is 267 g/mol. The molecule has 0 fully saturated rings. The van der Waals surface area contributed by atoms with Crippen LogP contribution in [-0.4, -0.2) is 22.0 Å². The highest BCUT2D eigenvalue weighted by molar-refractivity contribution is 9.10. The Kier molecular flexibility index (Phi) is 3.36. The number of ketones is 1. The number of alkyl halides is 2. The third-order valence-corrected chi connectivity index (χ3v) is 2.25. The first-order valence-corrected chi connectivity index (χ1v) is 4.79. The lowest BCUT2D eigenvalue weighted by atomic mass is 10.2. The summed E-state index contributed by atoms with van der Waals surface area (Å²) in [7, 11) is 0. The summed E-state index contributed by atoms with van der Waals surface area (Å²) >= 11 is 3.02. The molecule has 0 radical (unpaired) electrons. The second-order valence-electron chi connectivity index (χ2n) is 3.04. The Morgan fingerprint density at radius 2 is 2.14 bits per heavy atom. The van der Waals surface area contributed by atoms with E-state index in [1.807, 2.05) is 0 Å². The zero-order valence-electron chi connectivity index (χ0n) is 7.67. The topological polar surface area (TPSA) is 34.9 Å². The maximum absolute atomic E-state index is 12.2. The minimum Gasteiger partial charge on any atom is -0.286 e. The zero-order valence-corrected chi connectivity index (χ0v) is 9.25. The highest BCUT2D eigenvalue weighted by Crippen LogP contribution is 2.21. The van der Waals surface area contributed by atoms with Gasteiger partial charge in [-0.3, -0.25) is 9.48 Å². The molecule has 0 unspecified atom stereocenters. The van der Waals surface area contributed by atoms with Gasteiger partial charge in [-0.1, -0.05) is 0 Å². The van der Waals surface area contributed by atoms with Gasteiger partial charge in [-0.2, -0.15) is 5.10 Å². The number of halogens is 3. The molecule has 0 bridgehead atoms. The van der Waals surface area contributed by atoms with E-state index in [0.29, 0.717) is 4.47 Å². The van der Waals surface area contributed by atoms with Crippen LogP contribution < -0.4 is 0 Å². The number of nitrogens with zero attached hydrogens (tertiary/aromatic N) is 2.